The average molecular weight is 184 g/mol. The molecule has 0 aliphatic rings. The van der Waals surface area contributed by atoms with E-state index in [1.54, 1.807) is 24.3 Å². The number of benzene rings is 1. The van der Waals surface area contributed by atoms with Gasteiger partial charge >= 0.3 is 0 Å². The van der Waals surface area contributed by atoms with E-state index in [-0.39, 0.29) is 42.5 Å². The van der Waals surface area contributed by atoms with Crippen molar-refractivity contribution >= 4 is 23.1 Å². The Labute approximate surface area is 83.4 Å². The number of phenolic OH excluding ortho intramolecular Hbond substituents is 1. The molecule has 40 valence electrons. The first-order valence-corrected chi connectivity index (χ1v) is 2.13. The van der Waals surface area contributed by atoms with Crippen LogP contribution in [0.3, 0.4) is 0 Å². The molecule has 1 N–H and O–H groups in total. The van der Waals surface area contributed by atoms with Crippen molar-refractivity contribution in [3.63, 3.8) is 0 Å². The van der Waals surface area contributed by atoms with E-state index in [1.807, 2.05) is 6.07 Å². The SMILES string of the molecule is Oc1ccccc1.[Mg].[Zn]. The number of hydrogen-bond acceptors (Lipinski definition) is 1. The molecular weight excluding hydrogens is 178 g/mol. The molecule has 0 saturated carbocycles. The van der Waals surface area contributed by atoms with Crippen LogP contribution in [0.5, 0.6) is 5.75 Å². The van der Waals surface area contributed by atoms with Crippen LogP contribution in [0.2, 0.25) is 0 Å². The van der Waals surface area contributed by atoms with Gasteiger partial charge in [0, 0.05) is 42.5 Å². The summed E-state index contributed by atoms with van der Waals surface area (Å²) in [4.78, 5) is 0. The number of para-hydroxylation sites is 1. The van der Waals surface area contributed by atoms with Crippen molar-refractivity contribution in [1.29, 1.82) is 0 Å². The molecule has 0 aliphatic carbocycles. The van der Waals surface area contributed by atoms with Gasteiger partial charge in [-0.05, 0) is 12.1 Å². The average Bonchev–Trinajstić information content (AvgIpc) is 1.69. The van der Waals surface area contributed by atoms with E-state index in [4.69, 9.17) is 5.11 Å². The second-order valence-electron chi connectivity index (χ2n) is 1.34. The van der Waals surface area contributed by atoms with Crippen molar-refractivity contribution in [2.75, 3.05) is 0 Å². The third-order valence-corrected chi connectivity index (χ3v) is 0.756. The monoisotopic (exact) mass is 182 g/mol. The Kier molecular flexibility index (Phi) is 8.79. The molecule has 0 fully saturated rings. The molecular formula is C6H6MgOZn. The first kappa shape index (κ1) is 12.1. The number of hydrogen-bond donors (Lipinski definition) is 1. The van der Waals surface area contributed by atoms with Crippen LogP contribution in [0.15, 0.2) is 30.3 Å². The molecule has 2 radical (unpaired) electrons. The third-order valence-electron chi connectivity index (χ3n) is 0.756. The number of aromatic hydroxyl groups is 1. The first-order chi connectivity index (χ1) is 3.39. The molecule has 9 heavy (non-hydrogen) atoms. The van der Waals surface area contributed by atoms with Crippen molar-refractivity contribution in [3.05, 3.63) is 30.3 Å². The van der Waals surface area contributed by atoms with Gasteiger partial charge in [0.05, 0.1) is 0 Å². The number of phenols is 1. The summed E-state index contributed by atoms with van der Waals surface area (Å²) in [5, 5.41) is 8.63. The fraction of sp³-hybridized carbons (Fsp3) is 0. The molecule has 0 spiro atoms. The number of rotatable bonds is 0. The van der Waals surface area contributed by atoms with E-state index >= 15 is 0 Å². The Bertz CT molecular complexity index is 143. The zero-order chi connectivity index (χ0) is 5.11. The summed E-state index contributed by atoms with van der Waals surface area (Å²) >= 11 is 0. The van der Waals surface area contributed by atoms with Crippen LogP contribution < -0.4 is 0 Å². The standard InChI is InChI=1S/C6H6O.Mg.Zn/c7-6-4-2-1-3-5-6;;/h1-5,7H;;. The molecule has 0 unspecified atom stereocenters. The van der Waals surface area contributed by atoms with Gasteiger partial charge in [-0.25, -0.2) is 0 Å². The van der Waals surface area contributed by atoms with Crippen molar-refractivity contribution in [2.45, 2.75) is 0 Å². The van der Waals surface area contributed by atoms with Gasteiger partial charge in [-0.15, -0.1) is 0 Å². The van der Waals surface area contributed by atoms with Crippen LogP contribution in [-0.2, 0) is 19.5 Å². The predicted octanol–water partition coefficient (Wildman–Crippen LogP) is 1.01. The molecule has 0 saturated heterocycles. The molecule has 1 nitrogen and oxygen atoms in total. The molecule has 1 aromatic carbocycles. The Morgan fingerprint density at radius 3 is 1.67 bits per heavy atom. The fourth-order valence-electron chi connectivity index (χ4n) is 0.428. The van der Waals surface area contributed by atoms with Crippen LogP contribution in [0.1, 0.15) is 0 Å². The second kappa shape index (κ2) is 6.53. The van der Waals surface area contributed by atoms with Crippen LogP contribution in [0, 0.1) is 0 Å². The van der Waals surface area contributed by atoms with Crippen molar-refractivity contribution in [3.8, 4) is 5.75 Å². The zero-order valence-electron chi connectivity index (χ0n) is 5.25. The maximum absolute atomic E-state index is 8.63. The zero-order valence-corrected chi connectivity index (χ0v) is 9.63. The van der Waals surface area contributed by atoms with Crippen molar-refractivity contribution in [1.82, 2.24) is 0 Å². The van der Waals surface area contributed by atoms with E-state index in [1.165, 1.54) is 0 Å². The van der Waals surface area contributed by atoms with Crippen LogP contribution in [-0.4, -0.2) is 28.2 Å². The van der Waals surface area contributed by atoms with E-state index in [9.17, 15) is 0 Å². The summed E-state index contributed by atoms with van der Waals surface area (Å²) < 4.78 is 0. The third kappa shape index (κ3) is 4.89. The van der Waals surface area contributed by atoms with Crippen LogP contribution in [0.4, 0.5) is 0 Å². The molecule has 1 aromatic rings. The van der Waals surface area contributed by atoms with Gasteiger partial charge in [0.2, 0.25) is 0 Å². The molecule has 0 heterocycles. The minimum atomic E-state index is 0. The summed E-state index contributed by atoms with van der Waals surface area (Å²) in [6.07, 6.45) is 0. The minimum absolute atomic E-state index is 0. The molecule has 0 bridgehead atoms. The van der Waals surface area contributed by atoms with E-state index in [0.717, 1.165) is 0 Å². The topological polar surface area (TPSA) is 20.2 Å². The molecule has 0 atom stereocenters. The van der Waals surface area contributed by atoms with Crippen molar-refractivity contribution < 1.29 is 24.6 Å². The first-order valence-electron chi connectivity index (χ1n) is 2.13. The van der Waals surface area contributed by atoms with E-state index in [0.29, 0.717) is 5.75 Å². The van der Waals surface area contributed by atoms with Gasteiger partial charge < -0.3 is 5.11 Å². The summed E-state index contributed by atoms with van der Waals surface area (Å²) in [7, 11) is 0. The Morgan fingerprint density at radius 2 is 1.44 bits per heavy atom. The van der Waals surface area contributed by atoms with Gasteiger partial charge in [-0.2, -0.15) is 0 Å². The van der Waals surface area contributed by atoms with Gasteiger partial charge in [0.1, 0.15) is 5.75 Å². The molecule has 0 aliphatic heterocycles. The molecule has 1 rings (SSSR count). The summed E-state index contributed by atoms with van der Waals surface area (Å²) in [5.74, 6) is 0.322. The summed E-state index contributed by atoms with van der Waals surface area (Å²) in [5.41, 5.74) is 0. The maximum Gasteiger partial charge on any atom is 0.115 e. The Hall–Kier alpha value is 0.410. The molecule has 0 amide bonds. The van der Waals surface area contributed by atoms with E-state index in [2.05, 4.69) is 0 Å². The Morgan fingerprint density at radius 1 is 1.00 bits per heavy atom. The van der Waals surface area contributed by atoms with Crippen LogP contribution >= 0.6 is 0 Å². The predicted molar refractivity (Wildman–Crippen MR) is 33.9 cm³/mol. The minimum Gasteiger partial charge on any atom is -0.508 e. The van der Waals surface area contributed by atoms with Crippen LogP contribution in [0.25, 0.3) is 0 Å². The van der Waals surface area contributed by atoms with Gasteiger partial charge in [0.25, 0.3) is 0 Å². The second-order valence-corrected chi connectivity index (χ2v) is 1.34. The normalized spacial score (nSPS) is 6.67. The maximum atomic E-state index is 8.63. The van der Waals surface area contributed by atoms with Gasteiger partial charge in [-0.3, -0.25) is 0 Å². The molecule has 3 heteroatoms. The largest absolute Gasteiger partial charge is 0.508 e. The quantitative estimate of drug-likeness (QED) is 0.596. The van der Waals surface area contributed by atoms with Gasteiger partial charge in [-0.1, -0.05) is 18.2 Å². The molecule has 0 aromatic heterocycles. The van der Waals surface area contributed by atoms with Crippen molar-refractivity contribution in [2.24, 2.45) is 0 Å². The summed E-state index contributed by atoms with van der Waals surface area (Å²) in [6.45, 7) is 0. The Balaban J connectivity index is 0. The van der Waals surface area contributed by atoms with Gasteiger partial charge in [0.15, 0.2) is 0 Å². The smallest absolute Gasteiger partial charge is 0.115 e. The summed E-state index contributed by atoms with van der Waals surface area (Å²) in [6, 6.07) is 8.71. The fourth-order valence-corrected chi connectivity index (χ4v) is 0.428. The van der Waals surface area contributed by atoms with E-state index < -0.39 is 0 Å².